The quantitative estimate of drug-likeness (QED) is 0.665. The lowest BCUT2D eigenvalue weighted by Gasteiger charge is -2.36. The summed E-state index contributed by atoms with van der Waals surface area (Å²) in [6.45, 7) is 2.28. The van der Waals surface area contributed by atoms with Gasteiger partial charge in [0.05, 0.1) is 39.4 Å². The number of Topliss-reactive ketones (excluding diaryl/α,β-unsaturated/α-hetero) is 1. The van der Waals surface area contributed by atoms with Crippen LogP contribution >= 0.6 is 0 Å². The molecule has 1 saturated heterocycles. The van der Waals surface area contributed by atoms with Gasteiger partial charge < -0.3 is 10.2 Å². The molecule has 1 aliphatic heterocycles. The number of benzene rings is 1. The maximum absolute atomic E-state index is 11.5. The number of rotatable bonds is 4. The van der Waals surface area contributed by atoms with Gasteiger partial charge >= 0.3 is 0 Å². The highest BCUT2D eigenvalue weighted by atomic mass is 16.1. The second-order valence-electron chi connectivity index (χ2n) is 6.77. The Kier molecular flexibility index (Phi) is 4.23. The fraction of sp³-hybridized carbons (Fsp3) is 0.500. The van der Waals surface area contributed by atoms with Crippen LogP contribution in [0.15, 0.2) is 24.3 Å². The highest BCUT2D eigenvalue weighted by molar-refractivity contribution is 5.97. The molecule has 0 aliphatic carbocycles. The number of carbonyl (C=O) groups is 1. The normalized spacial score (nSPS) is 18.0. The molecular formula is C16H23N6O+. The number of likely N-dealkylation sites (tertiary alicyclic amines) is 1. The minimum Gasteiger partial charge on any atom is -0.328 e. The molecule has 3 rings (SSSR count). The van der Waals surface area contributed by atoms with Gasteiger partial charge in [-0.2, -0.15) is 0 Å². The largest absolute Gasteiger partial charge is 0.328 e. The molecule has 1 aromatic carbocycles. The molecule has 7 nitrogen and oxygen atoms in total. The number of nitrogens with zero attached hydrogens (tertiary/aromatic N) is 5. The Balaban J connectivity index is 1.73. The van der Waals surface area contributed by atoms with Crippen LogP contribution in [-0.2, 0) is 0 Å². The lowest BCUT2D eigenvalue weighted by molar-refractivity contribution is -0.895. The Morgan fingerprint density at radius 2 is 1.91 bits per heavy atom. The van der Waals surface area contributed by atoms with Crippen molar-refractivity contribution in [2.45, 2.75) is 18.8 Å². The minimum atomic E-state index is -0.0771. The summed E-state index contributed by atoms with van der Waals surface area (Å²) in [6, 6.07) is 7.12. The molecular weight excluding hydrogens is 292 g/mol. The molecule has 2 heterocycles. The van der Waals surface area contributed by atoms with Gasteiger partial charge in [-0.05, 0) is 29.5 Å². The summed E-state index contributed by atoms with van der Waals surface area (Å²) in [6.07, 6.45) is 2.17. The molecule has 7 heteroatoms. The van der Waals surface area contributed by atoms with Gasteiger partial charge in [-0.1, -0.05) is 0 Å². The number of piperidine rings is 1. The monoisotopic (exact) mass is 315 g/mol. The van der Waals surface area contributed by atoms with Crippen LogP contribution in [-0.4, -0.2) is 64.2 Å². The van der Waals surface area contributed by atoms with E-state index in [2.05, 4.69) is 29.5 Å². The van der Waals surface area contributed by atoms with E-state index < -0.39 is 0 Å². The van der Waals surface area contributed by atoms with Crippen LogP contribution in [0.3, 0.4) is 0 Å². The van der Waals surface area contributed by atoms with E-state index in [9.17, 15) is 4.79 Å². The van der Waals surface area contributed by atoms with E-state index in [-0.39, 0.29) is 12.3 Å². The summed E-state index contributed by atoms with van der Waals surface area (Å²) in [5.74, 6) is 1.12. The number of carbonyl (C=O) groups excluding carboxylic acids is 1. The van der Waals surface area contributed by atoms with E-state index in [1.807, 2.05) is 12.1 Å². The lowest BCUT2D eigenvalue weighted by atomic mass is 9.95. The summed E-state index contributed by atoms with van der Waals surface area (Å²) < 4.78 is 1.06. The Morgan fingerprint density at radius 3 is 2.52 bits per heavy atom. The van der Waals surface area contributed by atoms with E-state index in [1.165, 1.54) is 4.80 Å². The molecule has 1 fully saturated rings. The average molecular weight is 315 g/mol. The number of hydrogen-bond acceptors (Lipinski definition) is 5. The van der Waals surface area contributed by atoms with E-state index in [1.54, 1.807) is 12.1 Å². The van der Waals surface area contributed by atoms with Gasteiger partial charge in [0, 0.05) is 24.3 Å². The van der Waals surface area contributed by atoms with Gasteiger partial charge in [0.2, 0.25) is 0 Å². The fourth-order valence-corrected chi connectivity index (χ4v) is 2.92. The van der Waals surface area contributed by atoms with Crippen molar-refractivity contribution < 1.29 is 9.28 Å². The van der Waals surface area contributed by atoms with Crippen molar-refractivity contribution in [3.63, 3.8) is 0 Å². The fourth-order valence-electron chi connectivity index (χ4n) is 2.92. The van der Waals surface area contributed by atoms with Gasteiger partial charge in [0.15, 0.2) is 11.6 Å². The third kappa shape index (κ3) is 3.46. The second kappa shape index (κ2) is 6.17. The zero-order valence-corrected chi connectivity index (χ0v) is 13.6. The average Bonchev–Trinajstić information content (AvgIpc) is 3.04. The van der Waals surface area contributed by atoms with E-state index in [4.69, 9.17) is 5.73 Å². The Labute approximate surface area is 135 Å². The molecule has 0 saturated carbocycles. The van der Waals surface area contributed by atoms with Crippen molar-refractivity contribution in [1.82, 2.24) is 20.2 Å². The molecule has 0 radical (unpaired) electrons. The van der Waals surface area contributed by atoms with Crippen molar-refractivity contribution in [1.29, 1.82) is 0 Å². The Bertz CT molecular complexity index is 681. The standard InChI is InChI=1S/C16H23N6O/c1-22(2)9-7-13(8-10-22)16-18-20-21(19-16)14-5-3-12(4-6-14)15(23)11-17/h3-6,13H,7-11,17H2,1-2H3/q+1. The maximum Gasteiger partial charge on any atom is 0.178 e. The summed E-state index contributed by atoms with van der Waals surface area (Å²) in [5.41, 5.74) is 6.76. The molecule has 2 N–H and O–H groups in total. The van der Waals surface area contributed by atoms with Crippen LogP contribution in [0.1, 0.15) is 34.9 Å². The number of ketones is 1. The van der Waals surface area contributed by atoms with Crippen molar-refractivity contribution in [3.05, 3.63) is 35.7 Å². The summed E-state index contributed by atoms with van der Waals surface area (Å²) in [4.78, 5) is 13.1. The third-order valence-corrected chi connectivity index (χ3v) is 4.57. The van der Waals surface area contributed by atoms with E-state index in [0.717, 1.165) is 41.9 Å². The topological polar surface area (TPSA) is 86.7 Å². The zero-order valence-electron chi connectivity index (χ0n) is 13.6. The molecule has 23 heavy (non-hydrogen) atoms. The number of aromatic nitrogens is 4. The van der Waals surface area contributed by atoms with Crippen LogP contribution < -0.4 is 5.73 Å². The highest BCUT2D eigenvalue weighted by Crippen LogP contribution is 2.27. The smallest absolute Gasteiger partial charge is 0.178 e. The first-order valence-electron chi connectivity index (χ1n) is 7.94. The van der Waals surface area contributed by atoms with Crippen molar-refractivity contribution in [2.75, 3.05) is 33.7 Å². The van der Waals surface area contributed by atoms with Crippen molar-refractivity contribution >= 4 is 5.78 Å². The number of tetrazole rings is 1. The number of hydrogen-bond donors (Lipinski definition) is 1. The lowest BCUT2D eigenvalue weighted by Crippen LogP contribution is -2.45. The van der Waals surface area contributed by atoms with Crippen LogP contribution in [0.5, 0.6) is 0 Å². The Morgan fingerprint density at radius 1 is 1.26 bits per heavy atom. The first-order valence-corrected chi connectivity index (χ1v) is 7.94. The molecule has 0 spiro atoms. The molecule has 122 valence electrons. The predicted octanol–water partition coefficient (Wildman–Crippen LogP) is 0.758. The molecule has 2 aromatic rings. The van der Waals surface area contributed by atoms with Gasteiger partial charge in [-0.15, -0.1) is 15.0 Å². The summed E-state index contributed by atoms with van der Waals surface area (Å²) in [5, 5.41) is 12.9. The molecule has 1 aromatic heterocycles. The molecule has 0 atom stereocenters. The maximum atomic E-state index is 11.5. The molecule has 0 amide bonds. The first kappa shape index (κ1) is 15.8. The summed E-state index contributed by atoms with van der Waals surface area (Å²) >= 11 is 0. The minimum absolute atomic E-state index is 0.0155. The van der Waals surface area contributed by atoms with Crippen LogP contribution in [0.25, 0.3) is 5.69 Å². The molecule has 0 unspecified atom stereocenters. The number of nitrogens with two attached hydrogens (primary N) is 1. The molecule has 0 bridgehead atoms. The first-order chi connectivity index (χ1) is 11.0. The van der Waals surface area contributed by atoms with Crippen LogP contribution in [0.2, 0.25) is 0 Å². The summed E-state index contributed by atoms with van der Waals surface area (Å²) in [7, 11) is 4.51. The van der Waals surface area contributed by atoms with Gasteiger partial charge in [-0.3, -0.25) is 4.79 Å². The number of quaternary nitrogens is 1. The molecule has 1 aliphatic rings. The van der Waals surface area contributed by atoms with Crippen molar-refractivity contribution in [2.24, 2.45) is 5.73 Å². The van der Waals surface area contributed by atoms with E-state index in [0.29, 0.717) is 11.5 Å². The van der Waals surface area contributed by atoms with Crippen LogP contribution in [0, 0.1) is 0 Å². The van der Waals surface area contributed by atoms with Gasteiger partial charge in [0.1, 0.15) is 0 Å². The zero-order chi connectivity index (χ0) is 16.4. The van der Waals surface area contributed by atoms with Crippen molar-refractivity contribution in [3.8, 4) is 5.69 Å². The third-order valence-electron chi connectivity index (χ3n) is 4.57. The SMILES string of the molecule is C[N+]1(C)CCC(c2nnn(-c3ccc(C(=O)CN)cc3)n2)CC1. The predicted molar refractivity (Wildman–Crippen MR) is 86.4 cm³/mol. The van der Waals surface area contributed by atoms with Gasteiger partial charge in [0.25, 0.3) is 0 Å². The van der Waals surface area contributed by atoms with Gasteiger partial charge in [-0.25, -0.2) is 0 Å². The Hall–Kier alpha value is -2.12. The highest BCUT2D eigenvalue weighted by Gasteiger charge is 2.29. The van der Waals surface area contributed by atoms with Crippen LogP contribution in [0.4, 0.5) is 0 Å². The van der Waals surface area contributed by atoms with E-state index >= 15 is 0 Å². The second-order valence-corrected chi connectivity index (χ2v) is 6.77.